The van der Waals surface area contributed by atoms with Gasteiger partial charge in [0, 0.05) is 25.7 Å². The van der Waals surface area contributed by atoms with Crippen LogP contribution >= 0.6 is 0 Å². The van der Waals surface area contributed by atoms with E-state index < -0.39 is 4.92 Å². The SMILES string of the molecule is CCC1C2CNCC2CN1c1ncnc(OC)c1[N+](=O)[O-]. The molecule has 1 aromatic heterocycles. The number of hydrogen-bond acceptors (Lipinski definition) is 7. The fourth-order valence-corrected chi connectivity index (χ4v) is 3.66. The summed E-state index contributed by atoms with van der Waals surface area (Å²) < 4.78 is 5.04. The molecular formula is C13H19N5O3. The van der Waals surface area contributed by atoms with E-state index >= 15 is 0 Å². The first kappa shape index (κ1) is 14.0. The van der Waals surface area contributed by atoms with Crippen molar-refractivity contribution in [2.24, 2.45) is 11.8 Å². The van der Waals surface area contributed by atoms with Crippen molar-refractivity contribution in [3.05, 3.63) is 16.4 Å². The Balaban J connectivity index is 2.02. The number of hydrogen-bond donors (Lipinski definition) is 1. The van der Waals surface area contributed by atoms with Crippen molar-refractivity contribution in [3.8, 4) is 5.88 Å². The molecule has 0 radical (unpaired) electrons. The predicted molar refractivity (Wildman–Crippen MR) is 76.5 cm³/mol. The lowest BCUT2D eigenvalue weighted by molar-refractivity contribution is -0.385. The topological polar surface area (TPSA) is 93.4 Å². The second kappa shape index (κ2) is 5.44. The van der Waals surface area contributed by atoms with E-state index in [1.165, 1.54) is 13.4 Å². The van der Waals surface area contributed by atoms with Crippen LogP contribution < -0.4 is 15.0 Å². The number of rotatable bonds is 4. The van der Waals surface area contributed by atoms with Crippen molar-refractivity contribution >= 4 is 11.5 Å². The number of nitro groups is 1. The fraction of sp³-hybridized carbons (Fsp3) is 0.692. The summed E-state index contributed by atoms with van der Waals surface area (Å²) in [5.41, 5.74) is -0.133. The maximum Gasteiger partial charge on any atom is 0.372 e. The summed E-state index contributed by atoms with van der Waals surface area (Å²) in [6, 6.07) is 0.267. The molecule has 3 rings (SSSR count). The number of fused-ring (bicyclic) bond motifs is 1. The average molecular weight is 293 g/mol. The molecule has 3 atom stereocenters. The Kier molecular flexibility index (Phi) is 3.62. The minimum atomic E-state index is -0.451. The van der Waals surface area contributed by atoms with E-state index in [9.17, 15) is 10.1 Å². The largest absolute Gasteiger partial charge is 0.476 e. The lowest BCUT2D eigenvalue weighted by atomic mass is 9.93. The van der Waals surface area contributed by atoms with Crippen LogP contribution in [0.15, 0.2) is 6.33 Å². The first-order valence-corrected chi connectivity index (χ1v) is 7.18. The number of nitrogens with zero attached hydrogens (tertiary/aromatic N) is 4. The molecule has 1 N–H and O–H groups in total. The summed E-state index contributed by atoms with van der Waals surface area (Å²) >= 11 is 0. The van der Waals surface area contributed by atoms with Crippen molar-refractivity contribution in [2.75, 3.05) is 31.6 Å². The van der Waals surface area contributed by atoms with Crippen LogP contribution in [-0.4, -0.2) is 47.7 Å². The van der Waals surface area contributed by atoms with Crippen LogP contribution in [0.2, 0.25) is 0 Å². The van der Waals surface area contributed by atoms with Crippen LogP contribution in [0.3, 0.4) is 0 Å². The highest BCUT2D eigenvalue weighted by molar-refractivity contribution is 5.64. The fourth-order valence-electron chi connectivity index (χ4n) is 3.66. The molecule has 2 fully saturated rings. The highest BCUT2D eigenvalue weighted by atomic mass is 16.6. The molecule has 0 spiro atoms. The third-order valence-electron chi connectivity index (χ3n) is 4.55. The maximum absolute atomic E-state index is 11.4. The molecule has 0 amide bonds. The minimum Gasteiger partial charge on any atom is -0.476 e. The Labute approximate surface area is 122 Å². The Hall–Kier alpha value is -1.96. The Bertz CT molecular complexity index is 553. The van der Waals surface area contributed by atoms with E-state index in [0.29, 0.717) is 17.7 Å². The molecule has 0 aliphatic carbocycles. The van der Waals surface area contributed by atoms with Gasteiger partial charge in [-0.3, -0.25) is 10.1 Å². The number of methoxy groups -OCH3 is 1. The molecule has 0 bridgehead atoms. The molecule has 0 aromatic carbocycles. The first-order valence-electron chi connectivity index (χ1n) is 7.18. The molecule has 21 heavy (non-hydrogen) atoms. The first-order chi connectivity index (χ1) is 10.2. The van der Waals surface area contributed by atoms with Gasteiger partial charge in [0.05, 0.1) is 12.0 Å². The van der Waals surface area contributed by atoms with Gasteiger partial charge in [-0.25, -0.2) is 4.98 Å². The molecule has 8 heteroatoms. The summed E-state index contributed by atoms with van der Waals surface area (Å²) in [6.07, 6.45) is 2.27. The molecular weight excluding hydrogens is 274 g/mol. The summed E-state index contributed by atoms with van der Waals surface area (Å²) in [5, 5.41) is 14.8. The zero-order chi connectivity index (χ0) is 15.0. The number of aromatic nitrogens is 2. The van der Waals surface area contributed by atoms with Gasteiger partial charge in [0.15, 0.2) is 0 Å². The lowest BCUT2D eigenvalue weighted by Gasteiger charge is -2.27. The molecule has 3 heterocycles. The minimum absolute atomic E-state index is 0.0232. The van der Waals surface area contributed by atoms with Crippen LogP contribution in [0.4, 0.5) is 11.5 Å². The van der Waals surface area contributed by atoms with Gasteiger partial charge in [-0.05, 0) is 18.3 Å². The number of anilines is 1. The molecule has 2 saturated heterocycles. The Morgan fingerprint density at radius 3 is 3.00 bits per heavy atom. The lowest BCUT2D eigenvalue weighted by Crippen LogP contribution is -2.36. The van der Waals surface area contributed by atoms with Crippen molar-refractivity contribution in [3.63, 3.8) is 0 Å². The van der Waals surface area contributed by atoms with E-state index in [1.807, 2.05) is 0 Å². The smallest absolute Gasteiger partial charge is 0.372 e. The standard InChI is InChI=1S/C13H19N5O3/c1-3-10-9-5-14-4-8(9)6-17(10)12-11(18(19)20)13(21-2)16-7-15-12/h7-10,14H,3-6H2,1-2H3. The van der Waals surface area contributed by atoms with E-state index in [2.05, 4.69) is 27.1 Å². The van der Waals surface area contributed by atoms with Gasteiger partial charge in [-0.1, -0.05) is 6.92 Å². The van der Waals surface area contributed by atoms with E-state index in [-0.39, 0.29) is 17.6 Å². The number of ether oxygens (including phenoxy) is 1. The number of nitrogens with one attached hydrogen (secondary N) is 1. The van der Waals surface area contributed by atoms with E-state index in [1.54, 1.807) is 0 Å². The second-order valence-corrected chi connectivity index (χ2v) is 5.52. The van der Waals surface area contributed by atoms with Gasteiger partial charge < -0.3 is 15.0 Å². The van der Waals surface area contributed by atoms with Gasteiger partial charge in [-0.15, -0.1) is 0 Å². The van der Waals surface area contributed by atoms with Crippen molar-refractivity contribution in [1.29, 1.82) is 0 Å². The summed E-state index contributed by atoms with van der Waals surface area (Å²) in [6.45, 7) is 4.84. The molecule has 3 unspecified atom stereocenters. The maximum atomic E-state index is 11.4. The zero-order valence-corrected chi connectivity index (χ0v) is 12.2. The van der Waals surface area contributed by atoms with Gasteiger partial charge >= 0.3 is 5.69 Å². The zero-order valence-electron chi connectivity index (χ0n) is 12.2. The van der Waals surface area contributed by atoms with Crippen LogP contribution in [-0.2, 0) is 0 Å². The van der Waals surface area contributed by atoms with Crippen LogP contribution in [0.1, 0.15) is 13.3 Å². The highest BCUT2D eigenvalue weighted by Gasteiger charge is 2.46. The van der Waals surface area contributed by atoms with Gasteiger partial charge in [0.1, 0.15) is 6.33 Å². The molecule has 8 nitrogen and oxygen atoms in total. The summed E-state index contributed by atoms with van der Waals surface area (Å²) in [4.78, 5) is 21.1. The van der Waals surface area contributed by atoms with Crippen molar-refractivity contribution in [2.45, 2.75) is 19.4 Å². The molecule has 2 aliphatic heterocycles. The van der Waals surface area contributed by atoms with Gasteiger partial charge in [-0.2, -0.15) is 4.98 Å². The van der Waals surface area contributed by atoms with Crippen LogP contribution in [0.25, 0.3) is 0 Å². The molecule has 1 aromatic rings. The predicted octanol–water partition coefficient (Wildman–Crippen LogP) is 0.828. The van der Waals surface area contributed by atoms with Crippen molar-refractivity contribution in [1.82, 2.24) is 15.3 Å². The quantitative estimate of drug-likeness (QED) is 0.649. The highest BCUT2D eigenvalue weighted by Crippen LogP contribution is 2.41. The van der Waals surface area contributed by atoms with Crippen LogP contribution in [0.5, 0.6) is 5.88 Å². The summed E-state index contributed by atoms with van der Waals surface area (Å²) in [5.74, 6) is 1.45. The van der Waals surface area contributed by atoms with Crippen molar-refractivity contribution < 1.29 is 9.66 Å². The normalized spacial score (nSPS) is 27.7. The third kappa shape index (κ3) is 2.19. The Morgan fingerprint density at radius 2 is 2.33 bits per heavy atom. The summed E-state index contributed by atoms with van der Waals surface area (Å²) in [7, 11) is 1.39. The average Bonchev–Trinajstić information content (AvgIpc) is 3.06. The molecule has 2 aliphatic rings. The third-order valence-corrected chi connectivity index (χ3v) is 4.55. The van der Waals surface area contributed by atoms with E-state index in [0.717, 1.165) is 26.1 Å². The van der Waals surface area contributed by atoms with Gasteiger partial charge in [0.25, 0.3) is 5.88 Å². The van der Waals surface area contributed by atoms with E-state index in [4.69, 9.17) is 4.74 Å². The monoisotopic (exact) mass is 293 g/mol. The van der Waals surface area contributed by atoms with Gasteiger partial charge in [0.2, 0.25) is 5.82 Å². The molecule has 114 valence electrons. The second-order valence-electron chi connectivity index (χ2n) is 5.52. The van der Waals surface area contributed by atoms with Crippen LogP contribution in [0, 0.1) is 22.0 Å². The Morgan fingerprint density at radius 1 is 1.52 bits per heavy atom. The molecule has 0 saturated carbocycles.